The monoisotopic (exact) mass is 402 g/mol. The van der Waals surface area contributed by atoms with Gasteiger partial charge >= 0.3 is 0 Å². The van der Waals surface area contributed by atoms with Crippen LogP contribution in [0.4, 0.5) is 0 Å². The second kappa shape index (κ2) is 8.69. The number of carbonyl (C=O) groups excluding carboxylic acids is 2. The van der Waals surface area contributed by atoms with E-state index in [2.05, 4.69) is 10.9 Å². The molecule has 2 amide bonds. The van der Waals surface area contributed by atoms with Crippen molar-refractivity contribution >= 4 is 11.8 Å². The Morgan fingerprint density at radius 1 is 1.24 bits per heavy atom. The lowest BCUT2D eigenvalue weighted by atomic mass is 9.93. The highest BCUT2D eigenvalue weighted by Crippen LogP contribution is 2.34. The number of nitrogens with zero attached hydrogens (tertiary/aromatic N) is 2. The molecule has 0 unspecified atom stereocenters. The predicted octanol–water partition coefficient (Wildman–Crippen LogP) is 0.643. The number of ether oxygens (including phenoxy) is 2. The number of benzene rings is 1. The fraction of sp³-hybridized carbons (Fsp3) is 0.619. The van der Waals surface area contributed by atoms with Crippen molar-refractivity contribution in [3.8, 4) is 5.75 Å². The van der Waals surface area contributed by atoms with Gasteiger partial charge < -0.3 is 19.3 Å². The molecular weight excluding hydrogens is 372 g/mol. The number of fused-ring (bicyclic) bond motifs is 1. The minimum absolute atomic E-state index is 0.0427. The number of nitrogens with one attached hydrogen (secondary N) is 2. The smallest absolute Gasteiger partial charge is 0.258 e. The van der Waals surface area contributed by atoms with Gasteiger partial charge in [0, 0.05) is 39.5 Å². The Morgan fingerprint density at radius 2 is 1.97 bits per heavy atom. The normalized spacial score (nSPS) is 21.6. The Hall–Kier alpha value is -2.16. The van der Waals surface area contributed by atoms with Crippen LogP contribution in [0.3, 0.4) is 0 Å². The van der Waals surface area contributed by atoms with Crippen molar-refractivity contribution in [1.82, 2.24) is 20.7 Å². The van der Waals surface area contributed by atoms with E-state index in [-0.39, 0.29) is 18.4 Å². The van der Waals surface area contributed by atoms with Gasteiger partial charge in [-0.25, -0.2) is 0 Å². The molecule has 2 saturated heterocycles. The number of amides is 2. The number of rotatable bonds is 5. The molecule has 29 heavy (non-hydrogen) atoms. The lowest BCUT2D eigenvalue weighted by Gasteiger charge is -2.39. The Bertz CT molecular complexity index is 744. The van der Waals surface area contributed by atoms with E-state index in [4.69, 9.17) is 9.47 Å². The van der Waals surface area contributed by atoms with E-state index in [1.54, 1.807) is 15.9 Å². The maximum Gasteiger partial charge on any atom is 0.258 e. The first kappa shape index (κ1) is 20.1. The molecule has 4 rings (SSSR count). The van der Waals surface area contributed by atoms with Crippen LogP contribution in [0.1, 0.15) is 29.6 Å². The Labute approximate surface area is 171 Å². The summed E-state index contributed by atoms with van der Waals surface area (Å²) in [6.07, 6.45) is 2.34. The van der Waals surface area contributed by atoms with Crippen LogP contribution in [-0.2, 0) is 9.53 Å². The molecule has 8 nitrogen and oxygen atoms in total. The van der Waals surface area contributed by atoms with Crippen molar-refractivity contribution in [1.29, 1.82) is 0 Å². The first-order chi connectivity index (χ1) is 14.1. The molecule has 0 saturated carbocycles. The molecule has 8 heteroatoms. The van der Waals surface area contributed by atoms with Crippen LogP contribution in [-0.4, -0.2) is 80.2 Å². The lowest BCUT2D eigenvalue weighted by Crippen LogP contribution is -2.52. The van der Waals surface area contributed by atoms with Crippen molar-refractivity contribution in [3.63, 3.8) is 0 Å². The second-order valence-corrected chi connectivity index (χ2v) is 8.29. The number of carbonyl (C=O) groups is 2. The van der Waals surface area contributed by atoms with E-state index in [0.717, 1.165) is 19.5 Å². The van der Waals surface area contributed by atoms with Crippen LogP contribution in [0.15, 0.2) is 24.3 Å². The maximum absolute atomic E-state index is 13.2. The summed E-state index contributed by atoms with van der Waals surface area (Å²) in [7, 11) is 1.81. The molecular formula is C21H30N4O4. The predicted molar refractivity (Wildman–Crippen MR) is 108 cm³/mol. The zero-order chi connectivity index (χ0) is 20.3. The van der Waals surface area contributed by atoms with E-state index in [1.807, 2.05) is 25.2 Å². The molecule has 0 atom stereocenters. The number of hydrogen-bond acceptors (Lipinski definition) is 6. The Balaban J connectivity index is 1.47. The average Bonchev–Trinajstić information content (AvgIpc) is 3.22. The van der Waals surface area contributed by atoms with Gasteiger partial charge in [0.05, 0.1) is 25.3 Å². The summed E-state index contributed by atoms with van der Waals surface area (Å²) in [5.74, 6) is 0.938. The van der Waals surface area contributed by atoms with Crippen LogP contribution in [0.5, 0.6) is 5.75 Å². The van der Waals surface area contributed by atoms with Gasteiger partial charge in [0.15, 0.2) is 0 Å². The van der Waals surface area contributed by atoms with Crippen LogP contribution in [0, 0.1) is 5.92 Å². The first-order valence-corrected chi connectivity index (χ1v) is 10.4. The molecule has 0 radical (unpaired) electrons. The zero-order valence-corrected chi connectivity index (χ0v) is 17.0. The molecule has 0 aromatic heterocycles. The van der Waals surface area contributed by atoms with Gasteiger partial charge in [-0.05, 0) is 24.5 Å². The summed E-state index contributed by atoms with van der Waals surface area (Å²) in [6.45, 7) is 4.19. The van der Waals surface area contributed by atoms with Crippen molar-refractivity contribution in [3.05, 3.63) is 29.8 Å². The fourth-order valence-electron chi connectivity index (χ4n) is 4.21. The van der Waals surface area contributed by atoms with Crippen molar-refractivity contribution in [2.75, 3.05) is 53.0 Å². The molecule has 1 aromatic carbocycles. The molecule has 3 aliphatic rings. The van der Waals surface area contributed by atoms with Crippen LogP contribution >= 0.6 is 0 Å². The lowest BCUT2D eigenvalue weighted by molar-refractivity contribution is -0.131. The van der Waals surface area contributed by atoms with Gasteiger partial charge in [0.25, 0.3) is 5.91 Å². The van der Waals surface area contributed by atoms with E-state index in [1.165, 1.54) is 0 Å². The minimum atomic E-state index is -0.499. The molecule has 2 N–H and O–H groups in total. The number of likely N-dealkylation sites (N-methyl/N-ethyl adjacent to an activating group) is 1. The zero-order valence-electron chi connectivity index (χ0n) is 17.0. The minimum Gasteiger partial charge on any atom is -0.484 e. The SMILES string of the molecule is CN(CCC1CNNC1)C(=O)CN1CC2(CCOCC2)Oc2ccccc2C1=O. The molecule has 3 aliphatic heterocycles. The highest BCUT2D eigenvalue weighted by molar-refractivity contribution is 5.99. The van der Waals surface area contributed by atoms with Crippen LogP contribution < -0.4 is 15.6 Å². The third-order valence-electron chi connectivity index (χ3n) is 6.15. The molecule has 1 spiro atoms. The number of hydrogen-bond donors (Lipinski definition) is 2. The summed E-state index contributed by atoms with van der Waals surface area (Å²) in [5.41, 5.74) is 6.25. The van der Waals surface area contributed by atoms with Gasteiger partial charge in [-0.15, -0.1) is 0 Å². The first-order valence-electron chi connectivity index (χ1n) is 10.4. The number of para-hydroxylation sites is 1. The van der Waals surface area contributed by atoms with E-state index < -0.39 is 5.60 Å². The van der Waals surface area contributed by atoms with E-state index in [9.17, 15) is 9.59 Å². The van der Waals surface area contributed by atoms with Crippen molar-refractivity contribution in [2.24, 2.45) is 5.92 Å². The van der Waals surface area contributed by atoms with Gasteiger partial charge in [-0.3, -0.25) is 20.4 Å². The summed E-state index contributed by atoms with van der Waals surface area (Å²) < 4.78 is 11.9. The summed E-state index contributed by atoms with van der Waals surface area (Å²) in [6, 6.07) is 7.32. The van der Waals surface area contributed by atoms with Gasteiger partial charge in [0.1, 0.15) is 17.9 Å². The van der Waals surface area contributed by atoms with Gasteiger partial charge in [-0.1, -0.05) is 12.1 Å². The largest absolute Gasteiger partial charge is 0.484 e. The quantitative estimate of drug-likeness (QED) is 0.752. The maximum atomic E-state index is 13.2. The highest BCUT2D eigenvalue weighted by Gasteiger charge is 2.42. The second-order valence-electron chi connectivity index (χ2n) is 8.29. The molecule has 158 valence electrons. The van der Waals surface area contributed by atoms with Crippen molar-refractivity contribution in [2.45, 2.75) is 24.9 Å². The average molecular weight is 402 g/mol. The summed E-state index contributed by atoms with van der Waals surface area (Å²) in [5, 5.41) is 0. The summed E-state index contributed by atoms with van der Waals surface area (Å²) in [4.78, 5) is 29.5. The molecule has 2 fully saturated rings. The standard InChI is InChI=1S/C21H30N4O4/c1-24(9-6-16-12-22-23-13-16)19(26)14-25-15-21(7-10-28-11-8-21)29-18-5-3-2-4-17(18)20(25)27/h2-5,16,22-23H,6-15H2,1H3. The molecule has 3 heterocycles. The highest BCUT2D eigenvalue weighted by atomic mass is 16.5. The summed E-state index contributed by atoms with van der Waals surface area (Å²) >= 11 is 0. The van der Waals surface area contributed by atoms with Gasteiger partial charge in [-0.2, -0.15) is 0 Å². The topological polar surface area (TPSA) is 83.1 Å². The van der Waals surface area contributed by atoms with Crippen LogP contribution in [0.25, 0.3) is 0 Å². The Morgan fingerprint density at radius 3 is 2.72 bits per heavy atom. The fourth-order valence-corrected chi connectivity index (χ4v) is 4.21. The molecule has 0 aliphatic carbocycles. The van der Waals surface area contributed by atoms with Crippen LogP contribution in [0.2, 0.25) is 0 Å². The van der Waals surface area contributed by atoms with Crippen molar-refractivity contribution < 1.29 is 19.1 Å². The third kappa shape index (κ3) is 4.55. The Kier molecular flexibility index (Phi) is 6.03. The van der Waals surface area contributed by atoms with E-state index >= 15 is 0 Å². The molecule has 0 bridgehead atoms. The molecule has 1 aromatic rings. The number of hydrazine groups is 1. The third-order valence-corrected chi connectivity index (χ3v) is 6.15. The van der Waals surface area contributed by atoms with E-state index in [0.29, 0.717) is 56.4 Å². The van der Waals surface area contributed by atoms with Gasteiger partial charge in [0.2, 0.25) is 5.91 Å².